The monoisotopic (exact) mass is 179 g/mol. The highest BCUT2D eigenvalue weighted by atomic mass is 15.2. The zero-order valence-corrected chi connectivity index (χ0v) is 9.35. The molecular weight excluding hydrogens is 158 g/mol. The van der Waals surface area contributed by atoms with Gasteiger partial charge in [0.05, 0.1) is 5.70 Å². The van der Waals surface area contributed by atoms with Gasteiger partial charge in [-0.1, -0.05) is 32.3 Å². The summed E-state index contributed by atoms with van der Waals surface area (Å²) in [6.07, 6.45) is 2.57. The van der Waals surface area contributed by atoms with Crippen LogP contribution in [0.2, 0.25) is 0 Å². The Kier molecular flexibility index (Phi) is 6.14. The third-order valence-electron chi connectivity index (χ3n) is 2.17. The molecule has 0 aliphatic carbocycles. The van der Waals surface area contributed by atoms with E-state index in [2.05, 4.69) is 30.2 Å². The average molecular weight is 179 g/mol. The van der Waals surface area contributed by atoms with Crippen molar-refractivity contribution in [2.75, 3.05) is 6.54 Å². The number of hydrogen-bond donors (Lipinski definition) is 0. The molecule has 1 aliphatic rings. The second kappa shape index (κ2) is 6.60. The molecule has 0 radical (unpaired) electrons. The van der Waals surface area contributed by atoms with Crippen molar-refractivity contribution in [2.24, 2.45) is 0 Å². The van der Waals surface area contributed by atoms with Crippen LogP contribution in [0.4, 0.5) is 0 Å². The predicted molar refractivity (Wildman–Crippen MR) is 59.3 cm³/mol. The summed E-state index contributed by atoms with van der Waals surface area (Å²) >= 11 is 0. The summed E-state index contributed by atoms with van der Waals surface area (Å²) in [6, 6.07) is 0.642. The van der Waals surface area contributed by atoms with Crippen LogP contribution in [0.3, 0.4) is 0 Å². The highest BCUT2D eigenvalue weighted by molar-refractivity contribution is 5.24. The molecule has 1 heterocycles. The van der Waals surface area contributed by atoms with Gasteiger partial charge in [0, 0.05) is 12.6 Å². The van der Waals surface area contributed by atoms with Crippen LogP contribution in [0.1, 0.15) is 40.5 Å². The smallest absolute Gasteiger partial charge is 0.0808 e. The van der Waals surface area contributed by atoms with Gasteiger partial charge < -0.3 is 4.90 Å². The van der Waals surface area contributed by atoms with Gasteiger partial charge in [-0.2, -0.15) is 0 Å². The first kappa shape index (κ1) is 12.1. The van der Waals surface area contributed by atoms with Crippen molar-refractivity contribution < 1.29 is 0 Å². The molecule has 0 amide bonds. The molecule has 1 rings (SSSR count). The van der Waals surface area contributed by atoms with Crippen LogP contribution in [0.5, 0.6) is 0 Å². The molecule has 1 aliphatic heterocycles. The van der Waals surface area contributed by atoms with Crippen molar-refractivity contribution in [1.29, 1.82) is 0 Å². The van der Waals surface area contributed by atoms with Gasteiger partial charge in [0.2, 0.25) is 0 Å². The van der Waals surface area contributed by atoms with Crippen molar-refractivity contribution in [3.8, 4) is 11.8 Å². The van der Waals surface area contributed by atoms with Crippen LogP contribution in [-0.4, -0.2) is 17.5 Å². The van der Waals surface area contributed by atoms with E-state index in [9.17, 15) is 0 Å². The molecule has 0 bridgehead atoms. The lowest BCUT2D eigenvalue weighted by atomic mass is 10.2. The lowest BCUT2D eigenvalue weighted by molar-refractivity contribution is 0.355. The SMILES string of the molecule is C=C(C#CC)N1CCCC1C.CC. The Bertz CT molecular complexity index is 207. The zero-order chi connectivity index (χ0) is 10.3. The summed E-state index contributed by atoms with van der Waals surface area (Å²) in [4.78, 5) is 2.29. The van der Waals surface area contributed by atoms with E-state index >= 15 is 0 Å². The molecule has 0 aromatic rings. The number of rotatable bonds is 1. The van der Waals surface area contributed by atoms with Gasteiger partial charge in [-0.25, -0.2) is 0 Å². The van der Waals surface area contributed by atoms with E-state index in [1.165, 1.54) is 12.8 Å². The molecule has 0 aromatic carbocycles. The van der Waals surface area contributed by atoms with E-state index in [1.807, 2.05) is 20.8 Å². The Labute approximate surface area is 82.8 Å². The maximum Gasteiger partial charge on any atom is 0.0808 e. The van der Waals surface area contributed by atoms with Gasteiger partial charge in [-0.3, -0.25) is 0 Å². The summed E-state index contributed by atoms with van der Waals surface area (Å²) in [5.74, 6) is 5.87. The normalized spacial score (nSPS) is 19.7. The number of nitrogens with zero attached hydrogens (tertiary/aromatic N) is 1. The molecule has 1 heteroatoms. The molecule has 0 N–H and O–H groups in total. The van der Waals surface area contributed by atoms with E-state index < -0.39 is 0 Å². The molecule has 0 saturated carbocycles. The fourth-order valence-electron chi connectivity index (χ4n) is 1.55. The van der Waals surface area contributed by atoms with E-state index in [0.717, 1.165) is 12.2 Å². The van der Waals surface area contributed by atoms with Gasteiger partial charge in [0.25, 0.3) is 0 Å². The Morgan fingerprint density at radius 1 is 1.46 bits per heavy atom. The Morgan fingerprint density at radius 3 is 2.46 bits per heavy atom. The minimum Gasteiger partial charge on any atom is -0.363 e. The van der Waals surface area contributed by atoms with Crippen molar-refractivity contribution in [2.45, 2.75) is 46.6 Å². The minimum atomic E-state index is 0.642. The Morgan fingerprint density at radius 2 is 2.08 bits per heavy atom. The zero-order valence-electron chi connectivity index (χ0n) is 9.35. The first-order valence-electron chi connectivity index (χ1n) is 5.14. The van der Waals surface area contributed by atoms with Gasteiger partial charge >= 0.3 is 0 Å². The third kappa shape index (κ3) is 3.55. The highest BCUT2D eigenvalue weighted by Gasteiger charge is 2.19. The molecule has 0 aromatic heterocycles. The fourth-order valence-corrected chi connectivity index (χ4v) is 1.55. The van der Waals surface area contributed by atoms with Crippen LogP contribution in [0.25, 0.3) is 0 Å². The van der Waals surface area contributed by atoms with Crippen molar-refractivity contribution >= 4 is 0 Å². The standard InChI is InChI=1S/C10H15N.C2H6/c1-4-6-9(2)11-8-5-7-10(11)3;1-2/h10H,2,5,7-8H2,1,3H3;1-2H3. The molecule has 1 unspecified atom stereocenters. The number of allylic oxidation sites excluding steroid dienone is 1. The molecule has 13 heavy (non-hydrogen) atoms. The lowest BCUT2D eigenvalue weighted by Gasteiger charge is -2.22. The first-order chi connectivity index (χ1) is 6.25. The molecule has 1 atom stereocenters. The lowest BCUT2D eigenvalue weighted by Crippen LogP contribution is -2.24. The van der Waals surface area contributed by atoms with Gasteiger partial charge in [0.15, 0.2) is 0 Å². The molecule has 1 fully saturated rings. The van der Waals surface area contributed by atoms with Crippen LogP contribution >= 0.6 is 0 Å². The predicted octanol–water partition coefficient (Wildman–Crippen LogP) is 3.03. The summed E-state index contributed by atoms with van der Waals surface area (Å²) < 4.78 is 0. The summed E-state index contributed by atoms with van der Waals surface area (Å²) in [6.45, 7) is 13.1. The Hall–Kier alpha value is -0.900. The topological polar surface area (TPSA) is 3.24 Å². The van der Waals surface area contributed by atoms with Gasteiger partial charge in [-0.05, 0) is 26.7 Å². The molecule has 1 saturated heterocycles. The molecule has 0 spiro atoms. The summed E-state index contributed by atoms with van der Waals surface area (Å²) in [5.41, 5.74) is 0.984. The average Bonchev–Trinajstić information content (AvgIpc) is 2.55. The summed E-state index contributed by atoms with van der Waals surface area (Å²) in [7, 11) is 0. The quantitative estimate of drug-likeness (QED) is 0.559. The highest BCUT2D eigenvalue weighted by Crippen LogP contribution is 2.19. The van der Waals surface area contributed by atoms with Gasteiger partial charge in [-0.15, -0.1) is 0 Å². The van der Waals surface area contributed by atoms with E-state index in [4.69, 9.17) is 0 Å². The van der Waals surface area contributed by atoms with Crippen molar-refractivity contribution in [1.82, 2.24) is 4.90 Å². The van der Waals surface area contributed by atoms with Crippen LogP contribution < -0.4 is 0 Å². The van der Waals surface area contributed by atoms with Gasteiger partial charge in [0.1, 0.15) is 0 Å². The van der Waals surface area contributed by atoms with Crippen LogP contribution in [0, 0.1) is 11.8 Å². The molecular formula is C12H21N. The van der Waals surface area contributed by atoms with Crippen LogP contribution in [0.15, 0.2) is 12.3 Å². The molecule has 1 nitrogen and oxygen atoms in total. The second-order valence-corrected chi connectivity index (χ2v) is 3.01. The second-order valence-electron chi connectivity index (χ2n) is 3.01. The minimum absolute atomic E-state index is 0.642. The maximum absolute atomic E-state index is 3.93. The Balaban J connectivity index is 0.000000671. The first-order valence-corrected chi connectivity index (χ1v) is 5.14. The number of hydrogen-bond acceptors (Lipinski definition) is 1. The van der Waals surface area contributed by atoms with E-state index in [1.54, 1.807) is 0 Å². The fraction of sp³-hybridized carbons (Fsp3) is 0.667. The van der Waals surface area contributed by atoms with Crippen molar-refractivity contribution in [3.63, 3.8) is 0 Å². The largest absolute Gasteiger partial charge is 0.363 e. The molecule has 74 valence electrons. The van der Waals surface area contributed by atoms with Crippen molar-refractivity contribution in [3.05, 3.63) is 12.3 Å². The summed E-state index contributed by atoms with van der Waals surface area (Å²) in [5, 5.41) is 0. The van der Waals surface area contributed by atoms with E-state index in [0.29, 0.717) is 6.04 Å². The number of likely N-dealkylation sites (tertiary alicyclic amines) is 1. The maximum atomic E-state index is 3.93. The third-order valence-corrected chi connectivity index (χ3v) is 2.17. The van der Waals surface area contributed by atoms with E-state index in [-0.39, 0.29) is 0 Å². The van der Waals surface area contributed by atoms with Crippen LogP contribution in [-0.2, 0) is 0 Å².